The Kier molecular flexibility index (Phi) is 5.17. The SMILES string of the molecule is O=C(O)CS(=O)(=O)NCCCOCC1CC1. The van der Waals surface area contributed by atoms with Crippen molar-refractivity contribution in [1.29, 1.82) is 0 Å². The molecule has 94 valence electrons. The van der Waals surface area contributed by atoms with E-state index in [1.807, 2.05) is 0 Å². The molecule has 0 amide bonds. The second-order valence-corrected chi connectivity index (χ2v) is 5.73. The van der Waals surface area contributed by atoms with E-state index in [4.69, 9.17) is 9.84 Å². The van der Waals surface area contributed by atoms with E-state index in [0.717, 1.165) is 6.61 Å². The van der Waals surface area contributed by atoms with Crippen molar-refractivity contribution in [3.05, 3.63) is 0 Å². The van der Waals surface area contributed by atoms with Gasteiger partial charge in [0.2, 0.25) is 10.0 Å². The van der Waals surface area contributed by atoms with Crippen LogP contribution in [-0.2, 0) is 19.6 Å². The fourth-order valence-electron chi connectivity index (χ4n) is 1.15. The van der Waals surface area contributed by atoms with Gasteiger partial charge in [0.05, 0.1) is 0 Å². The van der Waals surface area contributed by atoms with Crippen molar-refractivity contribution in [3.8, 4) is 0 Å². The molecule has 1 rings (SSSR count). The monoisotopic (exact) mass is 251 g/mol. The number of hydrogen-bond donors (Lipinski definition) is 2. The zero-order chi connectivity index (χ0) is 12.0. The summed E-state index contributed by atoms with van der Waals surface area (Å²) in [5.74, 6) is -1.53. The Morgan fingerprint density at radius 3 is 2.69 bits per heavy atom. The van der Waals surface area contributed by atoms with Crippen LogP contribution >= 0.6 is 0 Å². The topological polar surface area (TPSA) is 92.7 Å². The van der Waals surface area contributed by atoms with Gasteiger partial charge in [-0.05, 0) is 25.2 Å². The Hall–Kier alpha value is -0.660. The van der Waals surface area contributed by atoms with Crippen molar-refractivity contribution in [1.82, 2.24) is 4.72 Å². The third kappa shape index (κ3) is 6.76. The smallest absolute Gasteiger partial charge is 0.320 e. The molecule has 2 N–H and O–H groups in total. The second-order valence-electron chi connectivity index (χ2n) is 3.92. The molecule has 0 bridgehead atoms. The molecule has 0 aliphatic heterocycles. The predicted molar refractivity (Wildman–Crippen MR) is 57.6 cm³/mol. The summed E-state index contributed by atoms with van der Waals surface area (Å²) >= 11 is 0. The van der Waals surface area contributed by atoms with Crippen molar-refractivity contribution >= 4 is 16.0 Å². The molecule has 1 aliphatic rings. The highest BCUT2D eigenvalue weighted by Gasteiger charge is 2.20. The van der Waals surface area contributed by atoms with Gasteiger partial charge in [-0.2, -0.15) is 0 Å². The van der Waals surface area contributed by atoms with Gasteiger partial charge < -0.3 is 9.84 Å². The van der Waals surface area contributed by atoms with Crippen molar-refractivity contribution in [2.45, 2.75) is 19.3 Å². The summed E-state index contributed by atoms with van der Waals surface area (Å²) in [6, 6.07) is 0. The van der Waals surface area contributed by atoms with Crippen LogP contribution in [0.1, 0.15) is 19.3 Å². The molecule has 0 radical (unpaired) electrons. The first-order valence-electron chi connectivity index (χ1n) is 5.26. The third-order valence-electron chi connectivity index (χ3n) is 2.15. The van der Waals surface area contributed by atoms with E-state index in [-0.39, 0.29) is 6.54 Å². The van der Waals surface area contributed by atoms with Crippen LogP contribution < -0.4 is 4.72 Å². The summed E-state index contributed by atoms with van der Waals surface area (Å²) in [7, 11) is -3.68. The number of sulfonamides is 1. The second kappa shape index (κ2) is 6.17. The molecule has 0 aromatic heterocycles. The van der Waals surface area contributed by atoms with Crippen LogP contribution in [0.2, 0.25) is 0 Å². The summed E-state index contributed by atoms with van der Waals surface area (Å²) < 4.78 is 29.6. The summed E-state index contributed by atoms with van der Waals surface area (Å²) in [6.07, 6.45) is 3.02. The standard InChI is InChI=1S/C9H17NO5S/c11-9(12)7-16(13,14)10-4-1-5-15-6-8-2-3-8/h8,10H,1-7H2,(H,11,12). The van der Waals surface area contributed by atoms with E-state index in [0.29, 0.717) is 18.9 Å². The molecule has 7 heteroatoms. The Morgan fingerprint density at radius 1 is 1.44 bits per heavy atom. The van der Waals surface area contributed by atoms with Gasteiger partial charge in [-0.3, -0.25) is 4.79 Å². The Labute approximate surface area is 95.0 Å². The maximum absolute atomic E-state index is 11.1. The summed E-state index contributed by atoms with van der Waals surface area (Å²) in [5, 5.41) is 8.31. The number of ether oxygens (including phenoxy) is 1. The van der Waals surface area contributed by atoms with Crippen LogP contribution in [0.4, 0.5) is 0 Å². The maximum Gasteiger partial charge on any atom is 0.320 e. The van der Waals surface area contributed by atoms with Crippen LogP contribution in [0.5, 0.6) is 0 Å². The van der Waals surface area contributed by atoms with Crippen LogP contribution in [0.15, 0.2) is 0 Å². The van der Waals surface area contributed by atoms with Gasteiger partial charge in [0.25, 0.3) is 0 Å². The number of carboxylic acid groups (broad SMARTS) is 1. The normalized spacial score (nSPS) is 16.2. The van der Waals surface area contributed by atoms with Crippen LogP contribution in [0, 0.1) is 5.92 Å². The fraction of sp³-hybridized carbons (Fsp3) is 0.889. The molecule has 0 heterocycles. The van der Waals surface area contributed by atoms with Gasteiger partial charge >= 0.3 is 5.97 Å². The lowest BCUT2D eigenvalue weighted by atomic mass is 10.4. The van der Waals surface area contributed by atoms with E-state index in [1.165, 1.54) is 12.8 Å². The average Bonchev–Trinajstić information content (AvgIpc) is 2.92. The maximum atomic E-state index is 11.1. The highest BCUT2D eigenvalue weighted by Crippen LogP contribution is 2.28. The molecule has 0 spiro atoms. The molecule has 0 saturated heterocycles. The van der Waals surface area contributed by atoms with E-state index in [2.05, 4.69) is 4.72 Å². The minimum Gasteiger partial charge on any atom is -0.480 e. The van der Waals surface area contributed by atoms with Gasteiger partial charge in [0.15, 0.2) is 5.75 Å². The number of hydrogen-bond acceptors (Lipinski definition) is 4. The Bertz CT molecular complexity index is 323. The summed E-state index contributed by atoms with van der Waals surface area (Å²) in [6.45, 7) is 1.48. The van der Waals surface area contributed by atoms with Crippen molar-refractivity contribution in [2.24, 2.45) is 5.92 Å². The lowest BCUT2D eigenvalue weighted by Crippen LogP contribution is -2.31. The molecular formula is C9H17NO5S. The van der Waals surface area contributed by atoms with Crippen molar-refractivity contribution < 1.29 is 23.1 Å². The quantitative estimate of drug-likeness (QED) is 0.554. The number of nitrogens with one attached hydrogen (secondary N) is 1. The number of rotatable bonds is 9. The van der Waals surface area contributed by atoms with Gasteiger partial charge in [-0.25, -0.2) is 13.1 Å². The fourth-order valence-corrected chi connectivity index (χ4v) is 2.03. The van der Waals surface area contributed by atoms with Crippen molar-refractivity contribution in [3.63, 3.8) is 0 Å². The number of carbonyl (C=O) groups is 1. The zero-order valence-corrected chi connectivity index (χ0v) is 9.83. The molecule has 1 saturated carbocycles. The number of carboxylic acids is 1. The highest BCUT2D eigenvalue weighted by atomic mass is 32.2. The van der Waals surface area contributed by atoms with Crippen LogP contribution in [0.3, 0.4) is 0 Å². The largest absolute Gasteiger partial charge is 0.480 e. The Morgan fingerprint density at radius 2 is 2.12 bits per heavy atom. The molecule has 1 fully saturated rings. The van der Waals surface area contributed by atoms with E-state index in [9.17, 15) is 13.2 Å². The van der Waals surface area contributed by atoms with E-state index in [1.54, 1.807) is 0 Å². The molecule has 0 atom stereocenters. The van der Waals surface area contributed by atoms with Gasteiger partial charge in [0, 0.05) is 19.8 Å². The minimum absolute atomic E-state index is 0.222. The van der Waals surface area contributed by atoms with Gasteiger partial charge in [-0.1, -0.05) is 0 Å². The van der Waals surface area contributed by atoms with Crippen LogP contribution in [0.25, 0.3) is 0 Å². The molecule has 0 aromatic rings. The first kappa shape index (κ1) is 13.4. The molecule has 1 aliphatic carbocycles. The number of aliphatic carboxylic acids is 1. The molecule has 6 nitrogen and oxygen atoms in total. The minimum atomic E-state index is -3.68. The van der Waals surface area contributed by atoms with E-state index < -0.39 is 21.7 Å². The first-order valence-corrected chi connectivity index (χ1v) is 6.92. The molecule has 0 aromatic carbocycles. The Balaban J connectivity index is 1.98. The van der Waals surface area contributed by atoms with Crippen LogP contribution in [-0.4, -0.2) is 45.0 Å². The predicted octanol–water partition coefficient (Wildman–Crippen LogP) is -0.193. The third-order valence-corrected chi connectivity index (χ3v) is 3.42. The van der Waals surface area contributed by atoms with Gasteiger partial charge in [0.1, 0.15) is 0 Å². The molecule has 0 unspecified atom stereocenters. The lowest BCUT2D eigenvalue weighted by Gasteiger charge is -2.05. The highest BCUT2D eigenvalue weighted by molar-refractivity contribution is 7.90. The molecule has 16 heavy (non-hydrogen) atoms. The first-order chi connectivity index (χ1) is 7.49. The zero-order valence-electron chi connectivity index (χ0n) is 9.02. The summed E-state index contributed by atoms with van der Waals surface area (Å²) in [4.78, 5) is 10.2. The van der Waals surface area contributed by atoms with Gasteiger partial charge in [-0.15, -0.1) is 0 Å². The molecular weight excluding hydrogens is 234 g/mol. The summed E-state index contributed by atoms with van der Waals surface area (Å²) in [5.41, 5.74) is 0. The average molecular weight is 251 g/mol. The lowest BCUT2D eigenvalue weighted by molar-refractivity contribution is -0.134. The van der Waals surface area contributed by atoms with E-state index >= 15 is 0 Å². The van der Waals surface area contributed by atoms with Crippen molar-refractivity contribution in [2.75, 3.05) is 25.5 Å².